The first-order valence-corrected chi connectivity index (χ1v) is 11.3. The highest BCUT2D eigenvalue weighted by atomic mass is 32.2. The van der Waals surface area contributed by atoms with E-state index in [1.165, 1.54) is 9.79 Å². The number of phenols is 1. The van der Waals surface area contributed by atoms with Crippen LogP contribution in [-0.2, 0) is 0 Å². The SMILES string of the molecule is Oc1cc(N2c3ccccc3Sc3ccccc32)ccc1-c1nc2ccccc2s1. The highest BCUT2D eigenvalue weighted by Gasteiger charge is 2.25. The number of aromatic nitrogens is 1. The molecule has 0 saturated heterocycles. The van der Waals surface area contributed by atoms with Gasteiger partial charge in [-0.1, -0.05) is 48.2 Å². The highest BCUT2D eigenvalue weighted by Crippen LogP contribution is 2.52. The Bertz CT molecular complexity index is 1330. The van der Waals surface area contributed by atoms with E-state index in [0.29, 0.717) is 0 Å². The Labute approximate surface area is 182 Å². The van der Waals surface area contributed by atoms with Gasteiger partial charge in [0.25, 0.3) is 0 Å². The maximum atomic E-state index is 10.9. The Morgan fingerprint density at radius 1 is 0.733 bits per heavy atom. The van der Waals surface area contributed by atoms with E-state index in [1.807, 2.05) is 30.3 Å². The molecule has 3 nitrogen and oxygen atoms in total. The normalized spacial score (nSPS) is 12.6. The lowest BCUT2D eigenvalue weighted by Crippen LogP contribution is -2.14. The number of aromatic hydroxyl groups is 1. The number of anilines is 3. The molecule has 1 aliphatic rings. The van der Waals surface area contributed by atoms with E-state index < -0.39 is 0 Å². The predicted octanol–water partition coefficient (Wildman–Crippen LogP) is 7.60. The smallest absolute Gasteiger partial charge is 0.128 e. The van der Waals surface area contributed by atoms with E-state index in [9.17, 15) is 5.11 Å². The summed E-state index contributed by atoms with van der Waals surface area (Å²) in [5, 5.41) is 11.8. The lowest BCUT2D eigenvalue weighted by Gasteiger charge is -2.32. The van der Waals surface area contributed by atoms with Crippen molar-refractivity contribution in [3.63, 3.8) is 0 Å². The van der Waals surface area contributed by atoms with Crippen molar-refractivity contribution < 1.29 is 5.11 Å². The molecule has 0 bridgehead atoms. The minimum absolute atomic E-state index is 0.236. The topological polar surface area (TPSA) is 36.4 Å². The number of fused-ring (bicyclic) bond motifs is 3. The molecule has 144 valence electrons. The summed E-state index contributed by atoms with van der Waals surface area (Å²) in [6, 6.07) is 30.7. The number of para-hydroxylation sites is 3. The molecule has 0 unspecified atom stereocenters. The minimum atomic E-state index is 0.236. The molecule has 0 spiro atoms. The van der Waals surface area contributed by atoms with E-state index >= 15 is 0 Å². The Morgan fingerprint density at radius 3 is 2.10 bits per heavy atom. The lowest BCUT2D eigenvalue weighted by atomic mass is 10.1. The van der Waals surface area contributed by atoms with E-state index in [2.05, 4.69) is 65.6 Å². The van der Waals surface area contributed by atoms with Crippen molar-refractivity contribution >= 4 is 50.4 Å². The second-order valence-electron chi connectivity index (χ2n) is 7.06. The number of thiazole rings is 1. The fourth-order valence-electron chi connectivity index (χ4n) is 3.81. The minimum Gasteiger partial charge on any atom is -0.507 e. The highest BCUT2D eigenvalue weighted by molar-refractivity contribution is 7.99. The van der Waals surface area contributed by atoms with Gasteiger partial charge in [0.15, 0.2) is 0 Å². The van der Waals surface area contributed by atoms with Crippen LogP contribution in [0.5, 0.6) is 5.75 Å². The van der Waals surface area contributed by atoms with E-state index in [-0.39, 0.29) is 5.75 Å². The molecule has 4 aromatic carbocycles. The number of hydrogen-bond acceptors (Lipinski definition) is 5. The second kappa shape index (κ2) is 6.90. The molecule has 5 heteroatoms. The van der Waals surface area contributed by atoms with Crippen LogP contribution >= 0.6 is 23.1 Å². The first kappa shape index (κ1) is 17.6. The summed E-state index contributed by atoms with van der Waals surface area (Å²) in [6.07, 6.45) is 0. The predicted molar refractivity (Wildman–Crippen MR) is 126 cm³/mol. The quantitative estimate of drug-likeness (QED) is 0.310. The molecule has 5 aromatic rings. The van der Waals surface area contributed by atoms with Crippen molar-refractivity contribution in [1.82, 2.24) is 4.98 Å². The van der Waals surface area contributed by atoms with Gasteiger partial charge >= 0.3 is 0 Å². The molecule has 6 rings (SSSR count). The summed E-state index contributed by atoms with van der Waals surface area (Å²) in [5.41, 5.74) is 4.88. The van der Waals surface area contributed by atoms with E-state index in [4.69, 9.17) is 4.98 Å². The summed E-state index contributed by atoms with van der Waals surface area (Å²) in [7, 11) is 0. The van der Waals surface area contributed by atoms with Crippen molar-refractivity contribution in [2.45, 2.75) is 9.79 Å². The van der Waals surface area contributed by atoms with Crippen molar-refractivity contribution in [3.05, 3.63) is 91.0 Å². The molecule has 2 heterocycles. The lowest BCUT2D eigenvalue weighted by molar-refractivity contribution is 0.477. The molecular formula is C25H16N2OS2. The Balaban J connectivity index is 1.48. The number of rotatable bonds is 2. The van der Waals surface area contributed by atoms with Crippen LogP contribution in [0.4, 0.5) is 17.1 Å². The fourth-order valence-corrected chi connectivity index (χ4v) is 5.87. The summed E-state index contributed by atoms with van der Waals surface area (Å²) in [6.45, 7) is 0. The van der Waals surface area contributed by atoms with Gasteiger partial charge in [-0.15, -0.1) is 11.3 Å². The fraction of sp³-hybridized carbons (Fsp3) is 0. The van der Waals surface area contributed by atoms with Crippen LogP contribution in [0, 0.1) is 0 Å². The zero-order valence-electron chi connectivity index (χ0n) is 15.8. The first-order valence-electron chi connectivity index (χ1n) is 9.63. The van der Waals surface area contributed by atoms with Gasteiger partial charge < -0.3 is 10.0 Å². The largest absolute Gasteiger partial charge is 0.507 e. The molecule has 0 atom stereocenters. The van der Waals surface area contributed by atoms with E-state index in [0.717, 1.165) is 37.8 Å². The summed E-state index contributed by atoms with van der Waals surface area (Å²) < 4.78 is 1.12. The number of nitrogens with zero attached hydrogens (tertiary/aromatic N) is 2. The van der Waals surface area contributed by atoms with Crippen molar-refractivity contribution in [1.29, 1.82) is 0 Å². The van der Waals surface area contributed by atoms with Gasteiger partial charge in [0.1, 0.15) is 10.8 Å². The average molecular weight is 425 g/mol. The van der Waals surface area contributed by atoms with Gasteiger partial charge in [-0.2, -0.15) is 0 Å². The van der Waals surface area contributed by atoms with Crippen molar-refractivity contribution in [3.8, 4) is 16.3 Å². The van der Waals surface area contributed by atoms with Crippen LogP contribution in [0.2, 0.25) is 0 Å². The second-order valence-corrected chi connectivity index (χ2v) is 9.18. The molecule has 1 aliphatic heterocycles. The monoisotopic (exact) mass is 424 g/mol. The number of benzene rings is 4. The third kappa shape index (κ3) is 2.78. The standard InChI is InChI=1S/C25H16N2OS2/c28-21-15-16(13-14-17(21)25-26-18-7-1-4-10-22(18)30-25)27-19-8-2-5-11-23(19)29-24-12-6-3-9-20(24)27/h1-15,28H. The van der Waals surface area contributed by atoms with E-state index in [1.54, 1.807) is 23.1 Å². The summed E-state index contributed by atoms with van der Waals surface area (Å²) >= 11 is 3.37. The number of hydrogen-bond donors (Lipinski definition) is 1. The van der Waals surface area contributed by atoms with Crippen LogP contribution < -0.4 is 4.90 Å². The molecule has 0 amide bonds. The molecule has 0 aliphatic carbocycles. The van der Waals surface area contributed by atoms with Crippen LogP contribution in [0.25, 0.3) is 20.8 Å². The van der Waals surface area contributed by atoms with Crippen LogP contribution in [0.3, 0.4) is 0 Å². The molecule has 1 N–H and O–H groups in total. The average Bonchev–Trinajstić information content (AvgIpc) is 3.21. The van der Waals surface area contributed by atoms with Crippen LogP contribution in [0.1, 0.15) is 0 Å². The molecule has 1 aromatic heterocycles. The Morgan fingerprint density at radius 2 is 1.40 bits per heavy atom. The summed E-state index contributed by atoms with van der Waals surface area (Å²) in [5.74, 6) is 0.236. The number of phenolic OH excluding ortho intramolecular Hbond substituents is 1. The zero-order chi connectivity index (χ0) is 20.1. The van der Waals surface area contributed by atoms with Gasteiger partial charge in [-0.3, -0.25) is 0 Å². The van der Waals surface area contributed by atoms with Gasteiger partial charge in [-0.05, 0) is 48.5 Å². The maximum Gasteiger partial charge on any atom is 0.128 e. The molecule has 30 heavy (non-hydrogen) atoms. The van der Waals surface area contributed by atoms with Gasteiger partial charge in [0.05, 0.1) is 27.2 Å². The third-order valence-corrected chi connectivity index (χ3v) is 7.40. The summed E-state index contributed by atoms with van der Waals surface area (Å²) in [4.78, 5) is 9.31. The van der Waals surface area contributed by atoms with Crippen molar-refractivity contribution in [2.75, 3.05) is 4.90 Å². The molecule has 0 saturated carbocycles. The Kier molecular flexibility index (Phi) is 4.04. The molecule has 0 fully saturated rings. The zero-order valence-corrected chi connectivity index (χ0v) is 17.5. The molecule has 0 radical (unpaired) electrons. The van der Waals surface area contributed by atoms with Crippen LogP contribution in [0.15, 0.2) is 101 Å². The van der Waals surface area contributed by atoms with Gasteiger partial charge in [-0.25, -0.2) is 4.98 Å². The van der Waals surface area contributed by atoms with Gasteiger partial charge in [0.2, 0.25) is 0 Å². The first-order chi connectivity index (χ1) is 14.8. The van der Waals surface area contributed by atoms with Gasteiger partial charge in [0, 0.05) is 21.5 Å². The Hall–Kier alpha value is -3.28. The van der Waals surface area contributed by atoms with Crippen molar-refractivity contribution in [2.24, 2.45) is 0 Å². The third-order valence-electron chi connectivity index (χ3n) is 5.20. The van der Waals surface area contributed by atoms with Crippen LogP contribution in [-0.4, -0.2) is 10.1 Å². The maximum absolute atomic E-state index is 10.9. The molecular weight excluding hydrogens is 408 g/mol.